The molecule has 0 bridgehead atoms. The van der Waals surface area contributed by atoms with Crippen LogP contribution in [0.25, 0.3) is 0 Å². The van der Waals surface area contributed by atoms with Crippen LogP contribution >= 0.6 is 0 Å². The molecule has 0 amide bonds. The second kappa shape index (κ2) is 5.59. The number of nitrogens with zero attached hydrogens (tertiary/aromatic N) is 1. The van der Waals surface area contributed by atoms with Crippen LogP contribution in [0, 0.1) is 0 Å². The summed E-state index contributed by atoms with van der Waals surface area (Å²) >= 11 is 0. The van der Waals surface area contributed by atoms with E-state index in [2.05, 4.69) is 4.90 Å². The fourth-order valence-corrected chi connectivity index (χ4v) is 2.46. The summed E-state index contributed by atoms with van der Waals surface area (Å²) in [6.07, 6.45) is 0.466. The maximum absolute atomic E-state index is 9.97. The van der Waals surface area contributed by atoms with Crippen LogP contribution in [-0.4, -0.2) is 38.5 Å². The highest BCUT2D eigenvalue weighted by molar-refractivity contribution is 5.60. The van der Waals surface area contributed by atoms with E-state index in [9.17, 15) is 5.11 Å². The van der Waals surface area contributed by atoms with Gasteiger partial charge in [-0.25, -0.2) is 0 Å². The summed E-state index contributed by atoms with van der Waals surface area (Å²) in [6.45, 7) is 3.32. The van der Waals surface area contributed by atoms with Gasteiger partial charge in [-0.2, -0.15) is 0 Å². The number of ether oxygens (including phenoxy) is 2. The Balaban J connectivity index is 2.36. The molecule has 0 aliphatic carbocycles. The minimum absolute atomic E-state index is 0.370. The van der Waals surface area contributed by atoms with Crippen molar-refractivity contribution < 1.29 is 14.6 Å². The van der Waals surface area contributed by atoms with Gasteiger partial charge >= 0.3 is 0 Å². The number of aliphatic hydroxyl groups is 1. The van der Waals surface area contributed by atoms with Crippen molar-refractivity contribution in [3.05, 3.63) is 23.8 Å². The number of hydrogen-bond acceptors (Lipinski definition) is 4. The number of benzene rings is 1. The van der Waals surface area contributed by atoms with E-state index in [1.807, 2.05) is 25.2 Å². The minimum atomic E-state index is -0.555. The molecule has 4 heteroatoms. The summed E-state index contributed by atoms with van der Waals surface area (Å²) in [5.41, 5.74) is 1.86. The van der Waals surface area contributed by atoms with Crippen LogP contribution in [0.4, 0.5) is 5.69 Å². The van der Waals surface area contributed by atoms with Gasteiger partial charge in [-0.3, -0.25) is 0 Å². The summed E-state index contributed by atoms with van der Waals surface area (Å²) in [5.74, 6) is 0.730. The molecule has 4 nitrogen and oxygen atoms in total. The maximum atomic E-state index is 9.97. The standard InChI is InChI=1S/C14H21NO3/c1-10(16)14-12(5-4-6-13(14)17-3)15(2)11-7-8-18-9-11/h4-6,10-11,16H,7-9H2,1-3H3. The Morgan fingerprint density at radius 1 is 1.50 bits per heavy atom. The topological polar surface area (TPSA) is 41.9 Å². The average Bonchev–Trinajstić information content (AvgIpc) is 2.90. The van der Waals surface area contributed by atoms with Crippen molar-refractivity contribution >= 4 is 5.69 Å². The summed E-state index contributed by atoms with van der Waals surface area (Å²) in [6, 6.07) is 6.22. The highest BCUT2D eigenvalue weighted by Gasteiger charge is 2.24. The van der Waals surface area contributed by atoms with Gasteiger partial charge in [0.15, 0.2) is 0 Å². The molecule has 18 heavy (non-hydrogen) atoms. The van der Waals surface area contributed by atoms with Gasteiger partial charge in [-0.1, -0.05) is 6.07 Å². The Kier molecular flexibility index (Phi) is 4.09. The Labute approximate surface area is 108 Å². The van der Waals surface area contributed by atoms with Crippen molar-refractivity contribution in [2.45, 2.75) is 25.5 Å². The Morgan fingerprint density at radius 3 is 2.83 bits per heavy atom. The average molecular weight is 251 g/mol. The first-order valence-electron chi connectivity index (χ1n) is 6.30. The molecule has 0 radical (unpaired) electrons. The third-order valence-corrected chi connectivity index (χ3v) is 3.51. The Bertz CT molecular complexity index is 400. The van der Waals surface area contributed by atoms with E-state index in [4.69, 9.17) is 9.47 Å². The Hall–Kier alpha value is -1.26. The van der Waals surface area contributed by atoms with Crippen molar-refractivity contribution in [3.8, 4) is 5.75 Å². The molecular weight excluding hydrogens is 230 g/mol. The fraction of sp³-hybridized carbons (Fsp3) is 0.571. The highest BCUT2D eigenvalue weighted by atomic mass is 16.5. The lowest BCUT2D eigenvalue weighted by Crippen LogP contribution is -2.32. The second-order valence-electron chi connectivity index (χ2n) is 4.70. The normalized spacial score (nSPS) is 20.8. The van der Waals surface area contributed by atoms with E-state index in [1.165, 1.54) is 0 Å². The van der Waals surface area contributed by atoms with Crippen molar-refractivity contribution in [1.29, 1.82) is 0 Å². The zero-order chi connectivity index (χ0) is 13.1. The molecule has 100 valence electrons. The summed E-state index contributed by atoms with van der Waals surface area (Å²) in [5, 5.41) is 9.97. The van der Waals surface area contributed by atoms with Crippen LogP contribution in [0.2, 0.25) is 0 Å². The molecule has 1 aliphatic heterocycles. The number of likely N-dealkylation sites (N-methyl/N-ethyl adjacent to an activating group) is 1. The van der Waals surface area contributed by atoms with Crippen molar-refractivity contribution in [2.75, 3.05) is 32.3 Å². The number of methoxy groups -OCH3 is 1. The van der Waals surface area contributed by atoms with Gasteiger partial charge in [-0.05, 0) is 25.5 Å². The first-order valence-corrected chi connectivity index (χ1v) is 6.30. The van der Waals surface area contributed by atoms with E-state index in [1.54, 1.807) is 14.0 Å². The van der Waals surface area contributed by atoms with Gasteiger partial charge in [0.2, 0.25) is 0 Å². The molecule has 1 saturated heterocycles. The second-order valence-corrected chi connectivity index (χ2v) is 4.70. The number of aliphatic hydroxyl groups excluding tert-OH is 1. The number of rotatable bonds is 4. The molecule has 0 spiro atoms. The van der Waals surface area contributed by atoms with E-state index >= 15 is 0 Å². The van der Waals surface area contributed by atoms with Crippen molar-refractivity contribution in [1.82, 2.24) is 0 Å². The van der Waals surface area contributed by atoms with E-state index in [0.717, 1.165) is 36.6 Å². The van der Waals surface area contributed by atoms with Gasteiger partial charge in [0, 0.05) is 24.9 Å². The van der Waals surface area contributed by atoms with Gasteiger partial charge < -0.3 is 19.5 Å². The predicted molar refractivity (Wildman–Crippen MR) is 71.3 cm³/mol. The third-order valence-electron chi connectivity index (χ3n) is 3.51. The van der Waals surface area contributed by atoms with Gasteiger partial charge in [0.05, 0.1) is 25.9 Å². The van der Waals surface area contributed by atoms with E-state index < -0.39 is 6.10 Å². The third kappa shape index (κ3) is 2.44. The molecule has 1 aromatic rings. The smallest absolute Gasteiger partial charge is 0.126 e. The lowest BCUT2D eigenvalue weighted by molar-refractivity contribution is 0.191. The number of hydrogen-bond donors (Lipinski definition) is 1. The van der Waals surface area contributed by atoms with Gasteiger partial charge in [-0.15, -0.1) is 0 Å². The highest BCUT2D eigenvalue weighted by Crippen LogP contribution is 2.35. The van der Waals surface area contributed by atoms with E-state index in [-0.39, 0.29) is 0 Å². The quantitative estimate of drug-likeness (QED) is 0.888. The monoisotopic (exact) mass is 251 g/mol. The molecule has 2 rings (SSSR count). The molecule has 1 heterocycles. The molecule has 2 unspecified atom stereocenters. The summed E-state index contributed by atoms with van der Waals surface area (Å²) in [4.78, 5) is 2.18. The van der Waals surface area contributed by atoms with Crippen LogP contribution in [0.15, 0.2) is 18.2 Å². The summed E-state index contributed by atoms with van der Waals surface area (Å²) in [7, 11) is 3.67. The molecule has 1 fully saturated rings. The predicted octanol–water partition coefficient (Wildman–Crippen LogP) is 1.97. The van der Waals surface area contributed by atoms with Crippen molar-refractivity contribution in [2.24, 2.45) is 0 Å². The van der Waals surface area contributed by atoms with Crippen LogP contribution in [0.1, 0.15) is 25.0 Å². The SMILES string of the molecule is COc1cccc(N(C)C2CCOC2)c1C(C)O. The van der Waals surface area contributed by atoms with Crippen LogP contribution in [0.5, 0.6) is 5.75 Å². The molecule has 2 atom stereocenters. The lowest BCUT2D eigenvalue weighted by atomic mass is 10.0. The molecular formula is C14H21NO3. The largest absolute Gasteiger partial charge is 0.496 e. The van der Waals surface area contributed by atoms with E-state index in [0.29, 0.717) is 6.04 Å². The van der Waals surface area contributed by atoms with Gasteiger partial charge in [0.1, 0.15) is 5.75 Å². The lowest BCUT2D eigenvalue weighted by Gasteiger charge is -2.29. The van der Waals surface area contributed by atoms with Crippen LogP contribution < -0.4 is 9.64 Å². The first kappa shape index (κ1) is 13.2. The van der Waals surface area contributed by atoms with Crippen LogP contribution in [0.3, 0.4) is 0 Å². The Morgan fingerprint density at radius 2 is 2.28 bits per heavy atom. The zero-order valence-electron chi connectivity index (χ0n) is 11.2. The van der Waals surface area contributed by atoms with Crippen LogP contribution in [-0.2, 0) is 4.74 Å². The first-order chi connectivity index (χ1) is 8.65. The number of anilines is 1. The minimum Gasteiger partial charge on any atom is -0.496 e. The molecule has 1 aliphatic rings. The molecule has 0 aromatic heterocycles. The van der Waals surface area contributed by atoms with Gasteiger partial charge in [0.25, 0.3) is 0 Å². The zero-order valence-corrected chi connectivity index (χ0v) is 11.2. The maximum Gasteiger partial charge on any atom is 0.126 e. The fourth-order valence-electron chi connectivity index (χ4n) is 2.46. The van der Waals surface area contributed by atoms with Crippen molar-refractivity contribution in [3.63, 3.8) is 0 Å². The molecule has 1 N–H and O–H groups in total. The summed E-state index contributed by atoms with van der Waals surface area (Å²) < 4.78 is 10.8. The molecule has 1 aromatic carbocycles. The molecule has 0 saturated carbocycles.